The van der Waals surface area contributed by atoms with Crippen molar-refractivity contribution in [2.45, 2.75) is 48.8 Å². The molecule has 2 fully saturated rings. The van der Waals surface area contributed by atoms with Crippen molar-refractivity contribution in [2.75, 3.05) is 13.6 Å². The van der Waals surface area contributed by atoms with E-state index in [-0.39, 0.29) is 17.6 Å². The molecule has 2 aliphatic carbocycles. The number of aliphatic hydroxyl groups is 1. The minimum absolute atomic E-state index is 0.00319. The van der Waals surface area contributed by atoms with Gasteiger partial charge in [-0.25, -0.2) is 0 Å². The number of phenolic OH excluding ortho intramolecular Hbond substituents is 1. The van der Waals surface area contributed by atoms with Crippen LogP contribution < -0.4 is 4.74 Å². The van der Waals surface area contributed by atoms with Crippen LogP contribution in [0.4, 0.5) is 0 Å². The van der Waals surface area contributed by atoms with Crippen molar-refractivity contribution in [2.24, 2.45) is 0 Å². The molecule has 0 aromatic heterocycles. The first-order chi connectivity index (χ1) is 10.5. The Morgan fingerprint density at radius 3 is 3.00 bits per heavy atom. The van der Waals surface area contributed by atoms with Gasteiger partial charge in [-0.15, -0.1) is 0 Å². The number of phenols is 1. The van der Waals surface area contributed by atoms with Crippen molar-refractivity contribution in [3.8, 4) is 11.5 Å². The van der Waals surface area contributed by atoms with E-state index in [9.17, 15) is 15.0 Å². The van der Waals surface area contributed by atoms with E-state index in [0.717, 1.165) is 24.1 Å². The highest BCUT2D eigenvalue weighted by molar-refractivity contribution is 5.90. The lowest BCUT2D eigenvalue weighted by atomic mass is 9.49. The van der Waals surface area contributed by atoms with Crippen LogP contribution in [-0.2, 0) is 16.6 Å². The number of ether oxygens (including phenoxy) is 1. The van der Waals surface area contributed by atoms with Gasteiger partial charge in [-0.3, -0.25) is 4.79 Å². The van der Waals surface area contributed by atoms with Crippen molar-refractivity contribution < 1.29 is 19.7 Å². The van der Waals surface area contributed by atoms with E-state index in [1.54, 1.807) is 6.07 Å². The maximum atomic E-state index is 12.5. The molecule has 1 saturated carbocycles. The zero-order valence-corrected chi connectivity index (χ0v) is 12.5. The third-order valence-electron chi connectivity index (χ3n) is 6.53. The summed E-state index contributed by atoms with van der Waals surface area (Å²) in [7, 11) is 2.04. The van der Waals surface area contributed by atoms with Crippen LogP contribution in [0.25, 0.3) is 0 Å². The highest BCUT2D eigenvalue weighted by Crippen LogP contribution is 2.64. The normalized spacial score (nSPS) is 42.0. The Balaban J connectivity index is 1.88. The van der Waals surface area contributed by atoms with Crippen LogP contribution in [0.1, 0.15) is 30.4 Å². The Labute approximate surface area is 128 Å². The van der Waals surface area contributed by atoms with Crippen molar-refractivity contribution in [1.29, 1.82) is 0 Å². The number of Topliss-reactive ketones (excluding diaryl/α,β-unsaturated/α-hetero) is 1. The number of nitrogens with zero attached hydrogens (tertiary/aromatic N) is 1. The van der Waals surface area contributed by atoms with Crippen molar-refractivity contribution in [1.82, 2.24) is 4.90 Å². The molecule has 2 N–H and O–H groups in total. The highest BCUT2D eigenvalue weighted by Gasteiger charge is 2.72. The zero-order chi connectivity index (χ0) is 15.3. The van der Waals surface area contributed by atoms with Gasteiger partial charge in [0.2, 0.25) is 0 Å². The Morgan fingerprint density at radius 2 is 2.18 bits per heavy atom. The first kappa shape index (κ1) is 12.9. The third kappa shape index (κ3) is 1.13. The molecule has 4 aliphatic rings. The lowest BCUT2D eigenvalue weighted by molar-refractivity contribution is -0.185. The molecule has 5 rings (SSSR count). The van der Waals surface area contributed by atoms with Gasteiger partial charge in [0.15, 0.2) is 23.4 Å². The number of ketones is 1. The number of likely N-dealkylation sites (tertiary alicyclic amines) is 1. The largest absolute Gasteiger partial charge is 0.504 e. The monoisotopic (exact) mass is 301 g/mol. The summed E-state index contributed by atoms with van der Waals surface area (Å²) in [6, 6.07) is 3.57. The van der Waals surface area contributed by atoms with Gasteiger partial charge >= 0.3 is 0 Å². The quantitative estimate of drug-likeness (QED) is 0.740. The SMILES string of the molecule is CN1CC[C@]23c4c5ccc(O)c4O[C@@H]2C(=O)CCC3(O)[C@H]1C5. The number of benzene rings is 1. The number of carbonyl (C=O) groups is 1. The average Bonchev–Trinajstić information content (AvgIpc) is 2.85. The molecular weight excluding hydrogens is 282 g/mol. The van der Waals surface area contributed by atoms with Gasteiger partial charge in [0, 0.05) is 18.0 Å². The summed E-state index contributed by atoms with van der Waals surface area (Å²) in [4.78, 5) is 14.7. The van der Waals surface area contributed by atoms with Gasteiger partial charge in [0.1, 0.15) is 0 Å². The number of hydrogen-bond acceptors (Lipinski definition) is 5. The van der Waals surface area contributed by atoms with E-state index < -0.39 is 17.1 Å². The fraction of sp³-hybridized carbons (Fsp3) is 0.588. The topological polar surface area (TPSA) is 70.0 Å². The molecule has 5 heteroatoms. The van der Waals surface area contributed by atoms with Crippen LogP contribution in [0.15, 0.2) is 12.1 Å². The fourth-order valence-electron chi connectivity index (χ4n) is 5.54. The third-order valence-corrected chi connectivity index (χ3v) is 6.53. The van der Waals surface area contributed by atoms with Crippen LogP contribution in [0.2, 0.25) is 0 Å². The zero-order valence-electron chi connectivity index (χ0n) is 12.5. The minimum atomic E-state index is -0.954. The van der Waals surface area contributed by atoms with Crippen LogP contribution in [0, 0.1) is 0 Å². The molecule has 1 spiro atoms. The van der Waals surface area contributed by atoms with E-state index in [1.165, 1.54) is 0 Å². The lowest BCUT2D eigenvalue weighted by Gasteiger charge is -2.61. The molecule has 2 bridgehead atoms. The second-order valence-corrected chi connectivity index (χ2v) is 7.26. The molecule has 1 aromatic carbocycles. The molecule has 0 amide bonds. The van der Waals surface area contributed by atoms with Crippen molar-refractivity contribution >= 4 is 5.78 Å². The molecule has 0 radical (unpaired) electrons. The molecule has 5 nitrogen and oxygen atoms in total. The molecule has 2 aliphatic heterocycles. The number of piperidine rings is 1. The summed E-state index contributed by atoms with van der Waals surface area (Å²) in [5.74, 6) is 0.561. The highest BCUT2D eigenvalue weighted by atomic mass is 16.5. The van der Waals surface area contributed by atoms with E-state index in [4.69, 9.17) is 4.74 Å². The molecule has 4 atom stereocenters. The molecule has 1 saturated heterocycles. The second-order valence-electron chi connectivity index (χ2n) is 7.26. The molecule has 1 unspecified atom stereocenters. The number of hydrogen-bond donors (Lipinski definition) is 2. The van der Waals surface area contributed by atoms with Crippen LogP contribution >= 0.6 is 0 Å². The standard InChI is InChI=1S/C17H19NO4/c1-18-7-6-16-13-9-2-3-10(19)14(13)22-15(16)11(20)4-5-17(16,21)12(18)8-9/h2-3,12,15,19,21H,4-8H2,1H3/t12-,15-,16+,17?/m1/s1. The summed E-state index contributed by atoms with van der Waals surface area (Å²) in [5, 5.41) is 21.8. The minimum Gasteiger partial charge on any atom is -0.504 e. The Morgan fingerprint density at radius 1 is 1.36 bits per heavy atom. The molecular formula is C17H19NO4. The van der Waals surface area contributed by atoms with Crippen LogP contribution in [-0.4, -0.2) is 52.2 Å². The van der Waals surface area contributed by atoms with Crippen LogP contribution in [0.3, 0.4) is 0 Å². The van der Waals surface area contributed by atoms with Gasteiger partial charge < -0.3 is 19.8 Å². The lowest BCUT2D eigenvalue weighted by Crippen LogP contribution is -2.76. The molecule has 2 heterocycles. The summed E-state index contributed by atoms with van der Waals surface area (Å²) < 4.78 is 5.94. The Hall–Kier alpha value is -1.59. The van der Waals surface area contributed by atoms with E-state index in [2.05, 4.69) is 4.90 Å². The summed E-state index contributed by atoms with van der Waals surface area (Å²) in [6.07, 6.45) is 1.61. The summed E-state index contributed by atoms with van der Waals surface area (Å²) >= 11 is 0. The van der Waals surface area contributed by atoms with Crippen LogP contribution in [0.5, 0.6) is 11.5 Å². The second kappa shape index (κ2) is 3.66. The fourth-order valence-corrected chi connectivity index (χ4v) is 5.54. The van der Waals surface area contributed by atoms with Gasteiger partial charge in [-0.1, -0.05) is 6.07 Å². The predicted molar refractivity (Wildman–Crippen MR) is 78.1 cm³/mol. The average molecular weight is 301 g/mol. The summed E-state index contributed by atoms with van der Waals surface area (Å²) in [5.41, 5.74) is 0.370. The molecule has 22 heavy (non-hydrogen) atoms. The number of likely N-dealkylation sites (N-methyl/N-ethyl adjacent to an activating group) is 1. The van der Waals surface area contributed by atoms with Gasteiger partial charge in [0.05, 0.1) is 11.0 Å². The van der Waals surface area contributed by atoms with E-state index in [0.29, 0.717) is 25.0 Å². The smallest absolute Gasteiger partial charge is 0.174 e. The van der Waals surface area contributed by atoms with Crippen molar-refractivity contribution in [3.05, 3.63) is 23.3 Å². The maximum Gasteiger partial charge on any atom is 0.174 e. The first-order valence-electron chi connectivity index (χ1n) is 7.96. The predicted octanol–water partition coefficient (Wildman–Crippen LogP) is 0.745. The summed E-state index contributed by atoms with van der Waals surface area (Å²) in [6.45, 7) is 0.828. The Bertz CT molecular complexity index is 717. The Kier molecular flexibility index (Phi) is 2.15. The van der Waals surface area contributed by atoms with E-state index >= 15 is 0 Å². The first-order valence-corrected chi connectivity index (χ1v) is 7.96. The van der Waals surface area contributed by atoms with Crippen molar-refractivity contribution in [3.63, 3.8) is 0 Å². The maximum absolute atomic E-state index is 12.5. The van der Waals surface area contributed by atoms with Gasteiger partial charge in [-0.05, 0) is 44.5 Å². The number of rotatable bonds is 0. The number of aromatic hydroxyl groups is 1. The van der Waals surface area contributed by atoms with Gasteiger partial charge in [0.25, 0.3) is 0 Å². The van der Waals surface area contributed by atoms with E-state index in [1.807, 2.05) is 13.1 Å². The number of carbonyl (C=O) groups excluding carboxylic acids is 1. The molecule has 1 aromatic rings. The molecule has 116 valence electrons. The van der Waals surface area contributed by atoms with Gasteiger partial charge in [-0.2, -0.15) is 0 Å².